The van der Waals surface area contributed by atoms with E-state index in [1.807, 2.05) is 6.26 Å². The minimum atomic E-state index is -1.29. The number of aromatic nitrogens is 2. The third-order valence-electron chi connectivity index (χ3n) is 2.60. The summed E-state index contributed by atoms with van der Waals surface area (Å²) in [5.41, 5.74) is -0.438. The van der Waals surface area contributed by atoms with Gasteiger partial charge in [0.05, 0.1) is 6.20 Å². The van der Waals surface area contributed by atoms with Crippen LogP contribution < -0.4 is 5.32 Å². The van der Waals surface area contributed by atoms with Crippen LogP contribution in [-0.4, -0.2) is 55.9 Å². The van der Waals surface area contributed by atoms with Crippen LogP contribution in [0.15, 0.2) is 6.20 Å². The highest BCUT2D eigenvalue weighted by Gasteiger charge is 2.26. The second kappa shape index (κ2) is 6.94. The molecule has 0 radical (unpaired) electrons. The van der Waals surface area contributed by atoms with Crippen LogP contribution in [0.25, 0.3) is 0 Å². The summed E-state index contributed by atoms with van der Waals surface area (Å²) in [6.07, 6.45) is 3.13. The number of carboxylic acid groups (broad SMARTS) is 2. The molecule has 1 rings (SSSR count). The van der Waals surface area contributed by atoms with Gasteiger partial charge in [0.15, 0.2) is 0 Å². The fourth-order valence-electron chi connectivity index (χ4n) is 1.58. The maximum Gasteiger partial charge on any atom is 0.339 e. The van der Waals surface area contributed by atoms with Gasteiger partial charge in [-0.25, -0.2) is 9.59 Å². The van der Waals surface area contributed by atoms with E-state index in [1.165, 1.54) is 18.8 Å². The summed E-state index contributed by atoms with van der Waals surface area (Å²) in [5.74, 6) is -2.66. The van der Waals surface area contributed by atoms with Gasteiger partial charge in [0, 0.05) is 7.05 Å². The topological polar surface area (TPSA) is 122 Å². The van der Waals surface area contributed by atoms with Gasteiger partial charge in [-0.05, 0) is 18.4 Å². The van der Waals surface area contributed by atoms with Crippen molar-refractivity contribution in [1.29, 1.82) is 0 Å². The van der Waals surface area contributed by atoms with E-state index < -0.39 is 23.9 Å². The van der Waals surface area contributed by atoms with Crippen LogP contribution in [0.5, 0.6) is 0 Å². The van der Waals surface area contributed by atoms with Crippen molar-refractivity contribution in [3.05, 3.63) is 17.5 Å². The third-order valence-corrected chi connectivity index (χ3v) is 3.24. The van der Waals surface area contributed by atoms with Gasteiger partial charge in [0.2, 0.25) is 0 Å². The molecule has 0 saturated heterocycles. The lowest BCUT2D eigenvalue weighted by Crippen LogP contribution is -2.42. The summed E-state index contributed by atoms with van der Waals surface area (Å²) in [6.45, 7) is 0. The number of nitrogens with zero attached hydrogens (tertiary/aromatic N) is 2. The largest absolute Gasteiger partial charge is 0.480 e. The van der Waals surface area contributed by atoms with Crippen LogP contribution in [0.3, 0.4) is 0 Å². The molecular formula is C11H15N3O5S. The number of aromatic carboxylic acids is 1. The van der Waals surface area contributed by atoms with E-state index in [0.29, 0.717) is 5.75 Å². The standard InChI is InChI=1S/C11H15N3O5S/c1-14-8(6(5-12-14)10(16)17)9(15)13-7(11(18)19)3-4-20-2/h5,7H,3-4H2,1-2H3,(H,13,15)(H,16,17)(H,18,19). The van der Waals surface area contributed by atoms with Gasteiger partial charge in [-0.3, -0.25) is 9.48 Å². The zero-order chi connectivity index (χ0) is 15.3. The average molecular weight is 301 g/mol. The number of aryl methyl sites for hydroxylation is 1. The first-order chi connectivity index (χ1) is 9.38. The quantitative estimate of drug-likeness (QED) is 0.650. The van der Waals surface area contributed by atoms with Crippen LogP contribution in [0.4, 0.5) is 0 Å². The highest BCUT2D eigenvalue weighted by molar-refractivity contribution is 7.98. The van der Waals surface area contributed by atoms with Crippen molar-refractivity contribution in [3.8, 4) is 0 Å². The Bertz CT molecular complexity index is 528. The van der Waals surface area contributed by atoms with Crippen LogP contribution in [-0.2, 0) is 11.8 Å². The van der Waals surface area contributed by atoms with Crippen molar-refractivity contribution in [2.45, 2.75) is 12.5 Å². The molecule has 20 heavy (non-hydrogen) atoms. The molecule has 0 aromatic carbocycles. The van der Waals surface area contributed by atoms with Crippen molar-refractivity contribution in [3.63, 3.8) is 0 Å². The molecule has 1 amide bonds. The molecule has 1 unspecified atom stereocenters. The Labute approximate surface area is 119 Å². The molecule has 8 nitrogen and oxygen atoms in total. The Hall–Kier alpha value is -2.03. The number of amides is 1. The van der Waals surface area contributed by atoms with E-state index in [2.05, 4.69) is 10.4 Å². The Balaban J connectivity index is 2.92. The smallest absolute Gasteiger partial charge is 0.339 e. The summed E-state index contributed by atoms with van der Waals surface area (Å²) in [7, 11) is 1.42. The highest BCUT2D eigenvalue weighted by Crippen LogP contribution is 2.09. The van der Waals surface area contributed by atoms with Gasteiger partial charge in [0.1, 0.15) is 17.3 Å². The predicted octanol–water partition coefficient (Wildman–Crippen LogP) is 0.0544. The second-order valence-electron chi connectivity index (χ2n) is 3.98. The molecule has 0 aliphatic rings. The summed E-state index contributed by atoms with van der Waals surface area (Å²) in [6, 6.07) is -1.06. The molecule has 1 heterocycles. The normalized spacial score (nSPS) is 11.9. The number of nitrogens with one attached hydrogen (secondary N) is 1. The van der Waals surface area contributed by atoms with E-state index in [0.717, 1.165) is 10.9 Å². The molecule has 9 heteroatoms. The lowest BCUT2D eigenvalue weighted by Gasteiger charge is -2.14. The number of hydrogen-bond donors (Lipinski definition) is 3. The molecule has 110 valence electrons. The lowest BCUT2D eigenvalue weighted by atomic mass is 10.2. The Morgan fingerprint density at radius 3 is 2.60 bits per heavy atom. The Kier molecular flexibility index (Phi) is 5.56. The summed E-state index contributed by atoms with van der Waals surface area (Å²) >= 11 is 1.46. The van der Waals surface area contributed by atoms with Crippen LogP contribution >= 0.6 is 11.8 Å². The van der Waals surface area contributed by atoms with E-state index in [1.54, 1.807) is 0 Å². The number of carbonyl (C=O) groups excluding carboxylic acids is 1. The van der Waals surface area contributed by atoms with Gasteiger partial charge in [-0.2, -0.15) is 16.9 Å². The molecule has 0 saturated carbocycles. The summed E-state index contributed by atoms with van der Waals surface area (Å²) < 4.78 is 1.10. The van der Waals surface area contributed by atoms with E-state index in [9.17, 15) is 14.4 Å². The SMILES string of the molecule is CSCCC(NC(=O)c1c(C(=O)O)cnn1C)C(=O)O. The summed E-state index contributed by atoms with van der Waals surface area (Å²) in [4.78, 5) is 34.1. The summed E-state index contributed by atoms with van der Waals surface area (Å²) in [5, 5.41) is 24.0. The van der Waals surface area contributed by atoms with Crippen LogP contribution in [0, 0.1) is 0 Å². The molecule has 0 fully saturated rings. The minimum Gasteiger partial charge on any atom is -0.480 e. The first kappa shape index (κ1) is 16.0. The molecule has 0 aliphatic carbocycles. The van der Waals surface area contributed by atoms with Crippen molar-refractivity contribution in [2.75, 3.05) is 12.0 Å². The number of thioether (sulfide) groups is 1. The van der Waals surface area contributed by atoms with Crippen LogP contribution in [0.2, 0.25) is 0 Å². The zero-order valence-corrected chi connectivity index (χ0v) is 11.8. The predicted molar refractivity (Wildman–Crippen MR) is 72.1 cm³/mol. The monoisotopic (exact) mass is 301 g/mol. The van der Waals surface area contributed by atoms with Crippen molar-refractivity contribution >= 4 is 29.6 Å². The van der Waals surface area contributed by atoms with E-state index >= 15 is 0 Å². The molecule has 1 atom stereocenters. The molecular weight excluding hydrogens is 286 g/mol. The molecule has 0 aliphatic heterocycles. The number of aliphatic carboxylic acids is 1. The van der Waals surface area contributed by atoms with Gasteiger partial charge in [-0.15, -0.1) is 0 Å². The Morgan fingerprint density at radius 2 is 2.10 bits per heavy atom. The van der Waals surface area contributed by atoms with Gasteiger partial charge >= 0.3 is 11.9 Å². The first-order valence-electron chi connectivity index (χ1n) is 5.66. The molecule has 0 spiro atoms. The molecule has 3 N–H and O–H groups in total. The van der Waals surface area contributed by atoms with E-state index in [4.69, 9.17) is 10.2 Å². The van der Waals surface area contributed by atoms with Gasteiger partial charge < -0.3 is 15.5 Å². The average Bonchev–Trinajstić information content (AvgIpc) is 2.76. The fourth-order valence-corrected chi connectivity index (χ4v) is 2.05. The van der Waals surface area contributed by atoms with E-state index in [-0.39, 0.29) is 17.7 Å². The number of carbonyl (C=O) groups is 3. The van der Waals surface area contributed by atoms with Gasteiger partial charge in [0.25, 0.3) is 5.91 Å². The highest BCUT2D eigenvalue weighted by atomic mass is 32.2. The third kappa shape index (κ3) is 3.73. The first-order valence-corrected chi connectivity index (χ1v) is 7.05. The molecule has 0 bridgehead atoms. The van der Waals surface area contributed by atoms with Crippen molar-refractivity contribution < 1.29 is 24.6 Å². The lowest BCUT2D eigenvalue weighted by molar-refractivity contribution is -0.139. The molecule has 1 aromatic rings. The van der Waals surface area contributed by atoms with Crippen molar-refractivity contribution in [2.24, 2.45) is 7.05 Å². The maximum absolute atomic E-state index is 12.0. The fraction of sp³-hybridized carbons (Fsp3) is 0.455. The number of hydrogen-bond acceptors (Lipinski definition) is 5. The number of rotatable bonds is 7. The Morgan fingerprint density at radius 1 is 1.45 bits per heavy atom. The minimum absolute atomic E-state index is 0.173. The second-order valence-corrected chi connectivity index (χ2v) is 4.97. The van der Waals surface area contributed by atoms with Crippen molar-refractivity contribution in [1.82, 2.24) is 15.1 Å². The van der Waals surface area contributed by atoms with Crippen LogP contribution in [0.1, 0.15) is 27.3 Å². The number of carboxylic acids is 2. The molecule has 1 aromatic heterocycles. The van der Waals surface area contributed by atoms with Gasteiger partial charge in [-0.1, -0.05) is 0 Å². The zero-order valence-electron chi connectivity index (χ0n) is 11.0. The maximum atomic E-state index is 12.0.